The summed E-state index contributed by atoms with van der Waals surface area (Å²) in [5.41, 5.74) is -0.00676. The highest BCUT2D eigenvalue weighted by Gasteiger charge is 2.66. The van der Waals surface area contributed by atoms with Crippen molar-refractivity contribution in [3.63, 3.8) is 0 Å². The van der Waals surface area contributed by atoms with Gasteiger partial charge in [-0.15, -0.1) is 11.3 Å². The molecule has 1 saturated carbocycles. The summed E-state index contributed by atoms with van der Waals surface area (Å²) in [5, 5.41) is 3.23. The molecule has 0 aromatic carbocycles. The summed E-state index contributed by atoms with van der Waals surface area (Å²) >= 11 is 1.55. The SMILES string of the molecule is CCNCc1cc(S(=O)(=O)NC2C(C)(C)C2(C)C)c(C)s1. The zero-order valence-corrected chi connectivity index (χ0v) is 15.3. The smallest absolute Gasteiger partial charge is 0.241 e. The minimum absolute atomic E-state index is 0.00338. The fraction of sp³-hybridized carbons (Fsp3) is 0.733. The molecule has 120 valence electrons. The zero-order valence-electron chi connectivity index (χ0n) is 13.7. The fourth-order valence-electron chi connectivity index (χ4n) is 2.84. The average Bonchev–Trinajstić information content (AvgIpc) is 2.67. The molecular weight excluding hydrogens is 304 g/mol. The number of hydrogen-bond donors (Lipinski definition) is 2. The van der Waals surface area contributed by atoms with Crippen LogP contribution in [0.3, 0.4) is 0 Å². The van der Waals surface area contributed by atoms with E-state index in [-0.39, 0.29) is 16.9 Å². The van der Waals surface area contributed by atoms with Gasteiger partial charge in [0.25, 0.3) is 0 Å². The Morgan fingerprint density at radius 1 is 1.24 bits per heavy atom. The average molecular weight is 331 g/mol. The maximum absolute atomic E-state index is 12.6. The van der Waals surface area contributed by atoms with E-state index in [4.69, 9.17) is 0 Å². The van der Waals surface area contributed by atoms with Gasteiger partial charge in [0.1, 0.15) is 0 Å². The molecule has 0 atom stereocenters. The molecule has 1 heterocycles. The molecule has 0 aliphatic heterocycles. The highest BCUT2D eigenvalue weighted by molar-refractivity contribution is 7.89. The van der Waals surface area contributed by atoms with Crippen molar-refractivity contribution < 1.29 is 8.42 Å². The Balaban J connectivity index is 2.19. The van der Waals surface area contributed by atoms with Crippen LogP contribution >= 0.6 is 11.3 Å². The molecule has 6 heteroatoms. The van der Waals surface area contributed by atoms with E-state index < -0.39 is 10.0 Å². The van der Waals surface area contributed by atoms with Gasteiger partial charge in [-0.2, -0.15) is 0 Å². The van der Waals surface area contributed by atoms with Gasteiger partial charge in [0.15, 0.2) is 0 Å². The van der Waals surface area contributed by atoms with Gasteiger partial charge < -0.3 is 5.32 Å². The summed E-state index contributed by atoms with van der Waals surface area (Å²) < 4.78 is 28.2. The van der Waals surface area contributed by atoms with Crippen LogP contribution in [0.5, 0.6) is 0 Å². The Bertz CT molecular complexity index is 616. The van der Waals surface area contributed by atoms with E-state index in [1.165, 1.54) is 0 Å². The van der Waals surface area contributed by atoms with E-state index in [2.05, 4.69) is 37.7 Å². The van der Waals surface area contributed by atoms with Gasteiger partial charge >= 0.3 is 0 Å². The first-order valence-electron chi connectivity index (χ1n) is 7.36. The molecule has 0 saturated heterocycles. The van der Waals surface area contributed by atoms with E-state index in [9.17, 15) is 8.42 Å². The lowest BCUT2D eigenvalue weighted by atomic mass is 10.0. The number of nitrogens with one attached hydrogen (secondary N) is 2. The second kappa shape index (κ2) is 5.33. The second-order valence-corrected chi connectivity index (χ2v) is 9.93. The summed E-state index contributed by atoms with van der Waals surface area (Å²) in [5.74, 6) is 0. The zero-order chi connectivity index (χ0) is 16.1. The first-order valence-corrected chi connectivity index (χ1v) is 9.66. The number of rotatable bonds is 6. The normalized spacial score (nSPS) is 20.7. The van der Waals surface area contributed by atoms with Crippen LogP contribution in [0.15, 0.2) is 11.0 Å². The van der Waals surface area contributed by atoms with E-state index in [1.807, 2.05) is 13.8 Å². The highest BCUT2D eigenvalue weighted by Crippen LogP contribution is 2.63. The minimum atomic E-state index is -3.44. The molecule has 0 bridgehead atoms. The fourth-order valence-corrected chi connectivity index (χ4v) is 5.97. The van der Waals surface area contributed by atoms with E-state index in [0.29, 0.717) is 4.90 Å². The number of sulfonamides is 1. The third kappa shape index (κ3) is 2.91. The van der Waals surface area contributed by atoms with Crippen molar-refractivity contribution in [2.45, 2.75) is 59.0 Å². The molecule has 1 fully saturated rings. The maximum Gasteiger partial charge on any atom is 0.241 e. The quantitative estimate of drug-likeness (QED) is 0.843. The second-order valence-electron chi connectivity index (χ2n) is 6.91. The summed E-state index contributed by atoms with van der Waals surface area (Å²) in [6.45, 7) is 13.9. The van der Waals surface area contributed by atoms with Gasteiger partial charge in [-0.25, -0.2) is 13.1 Å². The Labute approximate surface area is 132 Å². The van der Waals surface area contributed by atoms with Crippen molar-refractivity contribution in [2.75, 3.05) is 6.54 Å². The van der Waals surface area contributed by atoms with Crippen molar-refractivity contribution >= 4 is 21.4 Å². The predicted octanol–water partition coefficient (Wildman–Crippen LogP) is 2.88. The monoisotopic (exact) mass is 330 g/mol. The number of hydrogen-bond acceptors (Lipinski definition) is 4. The van der Waals surface area contributed by atoms with Crippen LogP contribution < -0.4 is 10.0 Å². The van der Waals surface area contributed by atoms with Gasteiger partial charge in [0.2, 0.25) is 10.0 Å². The van der Waals surface area contributed by atoms with E-state index in [0.717, 1.165) is 22.8 Å². The first-order chi connectivity index (χ1) is 9.54. The number of aryl methyl sites for hydroxylation is 1. The van der Waals surface area contributed by atoms with Crippen molar-refractivity contribution in [1.82, 2.24) is 10.0 Å². The Morgan fingerprint density at radius 2 is 1.81 bits per heavy atom. The summed E-state index contributed by atoms with van der Waals surface area (Å²) in [6.07, 6.45) is 0. The first kappa shape index (κ1) is 16.9. The summed E-state index contributed by atoms with van der Waals surface area (Å²) in [6, 6.07) is 1.79. The third-order valence-electron chi connectivity index (χ3n) is 5.06. The maximum atomic E-state index is 12.6. The Morgan fingerprint density at radius 3 is 2.29 bits per heavy atom. The molecule has 2 N–H and O–H groups in total. The molecule has 1 aromatic heterocycles. The lowest BCUT2D eigenvalue weighted by Crippen LogP contribution is -2.30. The van der Waals surface area contributed by atoms with Gasteiger partial charge in [-0.05, 0) is 30.4 Å². The molecule has 0 amide bonds. The van der Waals surface area contributed by atoms with Crippen molar-refractivity contribution in [2.24, 2.45) is 10.8 Å². The number of thiophene rings is 1. The van der Waals surface area contributed by atoms with Crippen LogP contribution in [0.4, 0.5) is 0 Å². The molecule has 0 radical (unpaired) electrons. The highest BCUT2D eigenvalue weighted by atomic mass is 32.2. The van der Waals surface area contributed by atoms with Crippen molar-refractivity contribution in [3.05, 3.63) is 15.8 Å². The molecule has 1 aliphatic rings. The van der Waals surface area contributed by atoms with Crippen LogP contribution in [-0.2, 0) is 16.6 Å². The topological polar surface area (TPSA) is 58.2 Å². The third-order valence-corrected chi connectivity index (χ3v) is 7.78. The van der Waals surface area contributed by atoms with E-state index in [1.54, 1.807) is 17.4 Å². The minimum Gasteiger partial charge on any atom is -0.312 e. The predicted molar refractivity (Wildman–Crippen MR) is 88.1 cm³/mol. The van der Waals surface area contributed by atoms with Gasteiger partial charge in [-0.1, -0.05) is 34.6 Å². The molecule has 1 aliphatic carbocycles. The van der Waals surface area contributed by atoms with Crippen molar-refractivity contribution in [1.29, 1.82) is 0 Å². The van der Waals surface area contributed by atoms with Gasteiger partial charge in [0.05, 0.1) is 4.90 Å². The lowest BCUT2D eigenvalue weighted by molar-refractivity contribution is 0.457. The van der Waals surface area contributed by atoms with Crippen LogP contribution in [0.25, 0.3) is 0 Å². The van der Waals surface area contributed by atoms with Gasteiger partial charge in [0, 0.05) is 22.3 Å². The lowest BCUT2D eigenvalue weighted by Gasteiger charge is -2.07. The summed E-state index contributed by atoms with van der Waals surface area (Å²) in [4.78, 5) is 2.34. The van der Waals surface area contributed by atoms with E-state index >= 15 is 0 Å². The standard InChI is InChI=1S/C15H26N2O2S2/c1-7-16-9-11-8-12(10(2)20-11)21(18,19)17-13-14(3,4)15(13,5)6/h8,13,16-17H,7,9H2,1-6H3. The summed E-state index contributed by atoms with van der Waals surface area (Å²) in [7, 11) is -3.44. The molecule has 1 aromatic rings. The molecule has 2 rings (SSSR count). The van der Waals surface area contributed by atoms with Crippen LogP contribution in [0.1, 0.15) is 44.4 Å². The van der Waals surface area contributed by atoms with Crippen LogP contribution in [0.2, 0.25) is 0 Å². The van der Waals surface area contributed by atoms with Crippen molar-refractivity contribution in [3.8, 4) is 0 Å². The Kier molecular flexibility index (Phi) is 4.30. The molecule has 0 unspecified atom stereocenters. The largest absolute Gasteiger partial charge is 0.312 e. The van der Waals surface area contributed by atoms with Crippen LogP contribution in [-0.4, -0.2) is 21.0 Å². The molecular formula is C15H26N2O2S2. The van der Waals surface area contributed by atoms with Crippen LogP contribution in [0, 0.1) is 17.8 Å². The molecule has 21 heavy (non-hydrogen) atoms. The van der Waals surface area contributed by atoms with Gasteiger partial charge in [-0.3, -0.25) is 0 Å². The molecule has 4 nitrogen and oxygen atoms in total. The Hall–Kier alpha value is -0.430. The molecule has 0 spiro atoms.